The number of ether oxygens (including phenoxy) is 1. The van der Waals surface area contributed by atoms with Crippen LogP contribution >= 0.6 is 0 Å². The molecule has 2 aromatic rings. The fraction of sp³-hybridized carbons (Fsp3) is 0.333. The first-order chi connectivity index (χ1) is 14.9. The Hall–Kier alpha value is -3.73. The zero-order chi connectivity index (χ0) is 22.1. The number of fused-ring (bicyclic) bond motifs is 1. The van der Waals surface area contributed by atoms with E-state index < -0.39 is 41.5 Å². The Labute approximate surface area is 169 Å². The highest BCUT2D eigenvalue weighted by Crippen LogP contribution is 2.32. The van der Waals surface area contributed by atoms with Gasteiger partial charge in [-0.1, -0.05) is 17.2 Å². The number of imide groups is 1. The van der Waals surface area contributed by atoms with Gasteiger partial charge in [-0.2, -0.15) is 0 Å². The zero-order valence-corrected chi connectivity index (χ0v) is 15.4. The third-order valence-electron chi connectivity index (χ3n) is 4.83. The van der Waals surface area contributed by atoms with E-state index in [1.807, 2.05) is 0 Å². The maximum atomic E-state index is 12.5. The quantitative estimate of drug-likeness (QED) is 0.336. The third-order valence-corrected chi connectivity index (χ3v) is 4.83. The first-order valence-corrected chi connectivity index (χ1v) is 8.89. The van der Waals surface area contributed by atoms with Crippen LogP contribution in [0.1, 0.15) is 47.2 Å². The molecular formula is C18H16N6O6. The second kappa shape index (κ2) is 7.59. The molecule has 0 bridgehead atoms. The van der Waals surface area contributed by atoms with Crippen LogP contribution in [0.25, 0.3) is 10.4 Å². The summed E-state index contributed by atoms with van der Waals surface area (Å²) in [4.78, 5) is 59.6. The summed E-state index contributed by atoms with van der Waals surface area (Å²) in [6.45, 7) is -0.524. The lowest BCUT2D eigenvalue weighted by molar-refractivity contribution is -0.146. The van der Waals surface area contributed by atoms with E-state index in [0.29, 0.717) is 5.06 Å². The van der Waals surface area contributed by atoms with Gasteiger partial charge in [0.25, 0.3) is 17.4 Å². The molecule has 0 unspecified atom stereocenters. The van der Waals surface area contributed by atoms with E-state index in [2.05, 4.69) is 15.0 Å². The summed E-state index contributed by atoms with van der Waals surface area (Å²) in [6, 6.07) is 6.29. The normalized spacial score (nSPS) is 23.3. The van der Waals surface area contributed by atoms with Gasteiger partial charge in [-0.15, -0.1) is 5.06 Å². The van der Waals surface area contributed by atoms with Gasteiger partial charge in [-0.25, -0.2) is 4.79 Å². The molecule has 0 radical (unpaired) electrons. The molecule has 154 valence electrons. The lowest BCUT2D eigenvalue weighted by Gasteiger charge is -2.20. The number of hydrogen-bond donors (Lipinski definition) is 1. The average molecular weight is 413 g/mol. The van der Waals surface area contributed by atoms with Crippen molar-refractivity contribution >= 4 is 11.8 Å². The van der Waals surface area contributed by atoms with E-state index in [-0.39, 0.29) is 36.6 Å². The Morgan fingerprint density at radius 1 is 1.30 bits per heavy atom. The molecule has 12 nitrogen and oxygen atoms in total. The van der Waals surface area contributed by atoms with Crippen molar-refractivity contribution in [3.8, 4) is 0 Å². The summed E-state index contributed by atoms with van der Waals surface area (Å²) >= 11 is 0. The number of nitrogens with zero attached hydrogens (tertiary/aromatic N) is 5. The van der Waals surface area contributed by atoms with Gasteiger partial charge >= 0.3 is 5.69 Å². The summed E-state index contributed by atoms with van der Waals surface area (Å²) in [5.74, 6) is -1.24. The Morgan fingerprint density at radius 2 is 2.00 bits per heavy atom. The fourth-order valence-electron chi connectivity index (χ4n) is 3.35. The van der Waals surface area contributed by atoms with Crippen LogP contribution in [0.15, 0.2) is 45.2 Å². The van der Waals surface area contributed by atoms with Crippen molar-refractivity contribution in [3.05, 3.63) is 78.4 Å². The molecule has 0 saturated carbocycles. The zero-order valence-electron chi connectivity index (χ0n) is 16.4. The highest BCUT2D eigenvalue weighted by atomic mass is 16.7. The van der Waals surface area contributed by atoms with Crippen LogP contribution in [0, 0.1) is 0 Å². The van der Waals surface area contributed by atoms with Crippen LogP contribution in [0.2, 0.25) is 0 Å². The molecule has 3 atom stereocenters. The van der Waals surface area contributed by atoms with E-state index in [4.69, 9.17) is 16.5 Å². The molecule has 12 heteroatoms. The number of aromatic nitrogens is 2. The highest BCUT2D eigenvalue weighted by molar-refractivity contribution is 6.20. The first-order valence-electron chi connectivity index (χ1n) is 9.59. The lowest BCUT2D eigenvalue weighted by Crippen LogP contribution is -2.37. The number of amides is 2. The molecule has 3 heterocycles. The van der Waals surface area contributed by atoms with E-state index >= 15 is 0 Å². The number of nitrogens with one attached hydrogen (secondary N) is 1. The predicted molar refractivity (Wildman–Crippen MR) is 100 cm³/mol. The summed E-state index contributed by atoms with van der Waals surface area (Å²) in [7, 11) is 0. The molecule has 1 fully saturated rings. The Morgan fingerprint density at radius 3 is 2.63 bits per heavy atom. The molecule has 1 aromatic carbocycles. The Bertz CT molecular complexity index is 1180. The lowest BCUT2D eigenvalue weighted by atomic mass is 10.1. The minimum absolute atomic E-state index is 0.0316. The first kappa shape index (κ1) is 18.3. The molecule has 1 saturated heterocycles. The number of H-pyrrole nitrogens is 1. The maximum Gasteiger partial charge on any atom is 0.330 e. The summed E-state index contributed by atoms with van der Waals surface area (Å²) in [5.41, 5.74) is 7.48. The summed E-state index contributed by atoms with van der Waals surface area (Å²) in [5, 5.41) is 3.96. The van der Waals surface area contributed by atoms with Crippen molar-refractivity contribution in [2.24, 2.45) is 5.11 Å². The van der Waals surface area contributed by atoms with Gasteiger partial charge in [0, 0.05) is 24.5 Å². The van der Waals surface area contributed by atoms with Gasteiger partial charge in [0.15, 0.2) is 0 Å². The van der Waals surface area contributed by atoms with Crippen LogP contribution in [0.4, 0.5) is 0 Å². The SMILES string of the molecule is [2H]C[C@H]1O[C@@H](n2cc(CN=[N+]=[N-])c(=O)[nH]c2=O)C[C@H]1ON1C(=O)c2ccccc2C1=O. The number of hydrogen-bond acceptors (Lipinski definition) is 7. The number of benzene rings is 1. The van der Waals surface area contributed by atoms with E-state index in [1.54, 1.807) is 12.1 Å². The molecule has 2 aliphatic heterocycles. The van der Waals surface area contributed by atoms with Gasteiger partial charge in [0.05, 0.1) is 23.8 Å². The van der Waals surface area contributed by atoms with Crippen LogP contribution in [0.5, 0.6) is 0 Å². The average Bonchev–Trinajstić information content (AvgIpc) is 3.28. The molecular weight excluding hydrogens is 396 g/mol. The fourth-order valence-corrected chi connectivity index (χ4v) is 3.35. The van der Waals surface area contributed by atoms with E-state index in [9.17, 15) is 19.2 Å². The summed E-state index contributed by atoms with van der Waals surface area (Å²) < 4.78 is 14.5. The van der Waals surface area contributed by atoms with Crippen molar-refractivity contribution in [1.82, 2.24) is 14.6 Å². The van der Waals surface area contributed by atoms with Crippen LogP contribution in [-0.2, 0) is 16.1 Å². The minimum Gasteiger partial charge on any atom is -0.352 e. The van der Waals surface area contributed by atoms with Crippen molar-refractivity contribution in [2.45, 2.75) is 38.3 Å². The predicted octanol–water partition coefficient (Wildman–Crippen LogP) is 1.25. The van der Waals surface area contributed by atoms with Crippen LogP contribution < -0.4 is 11.2 Å². The van der Waals surface area contributed by atoms with Crippen molar-refractivity contribution in [2.75, 3.05) is 0 Å². The number of hydroxylamine groups is 2. The van der Waals surface area contributed by atoms with Gasteiger partial charge in [0.1, 0.15) is 12.3 Å². The monoisotopic (exact) mass is 413 g/mol. The van der Waals surface area contributed by atoms with Crippen LogP contribution in [0.3, 0.4) is 0 Å². The molecule has 0 aliphatic carbocycles. The third kappa shape index (κ3) is 3.28. The van der Waals surface area contributed by atoms with Gasteiger partial charge in [-0.05, 0) is 24.6 Å². The Kier molecular flexibility index (Phi) is 4.64. The number of rotatable bonds is 5. The molecule has 1 aromatic heterocycles. The number of aromatic amines is 1. The second-order valence-electron chi connectivity index (χ2n) is 6.67. The highest BCUT2D eigenvalue weighted by Gasteiger charge is 2.42. The number of azide groups is 1. The molecule has 1 N–H and O–H groups in total. The molecule has 30 heavy (non-hydrogen) atoms. The second-order valence-corrected chi connectivity index (χ2v) is 6.67. The maximum absolute atomic E-state index is 12.5. The smallest absolute Gasteiger partial charge is 0.330 e. The molecule has 2 amide bonds. The van der Waals surface area contributed by atoms with Gasteiger partial charge < -0.3 is 4.74 Å². The Balaban J connectivity index is 1.57. The van der Waals surface area contributed by atoms with Gasteiger partial charge in [0.2, 0.25) is 0 Å². The molecule has 2 aliphatic rings. The van der Waals surface area contributed by atoms with Crippen molar-refractivity contribution in [1.29, 1.82) is 0 Å². The van der Waals surface area contributed by atoms with Crippen LogP contribution in [-0.4, -0.2) is 38.6 Å². The standard InChI is InChI=1S/C18H16N6O6/c1-9-13(30-24-16(26)11-4-2-3-5-12(11)17(24)27)6-14(29-9)23-8-10(7-20-22-19)15(25)21-18(23)28/h2-5,8-9,13-14H,6-7H2,1H3,(H,21,25,28)/t9-,13-,14-/m1/s1/i1D. The van der Waals surface area contributed by atoms with Gasteiger partial charge in [-0.3, -0.25) is 28.8 Å². The number of carbonyl (C=O) groups excluding carboxylic acids is 2. The molecule has 0 spiro atoms. The number of carbonyl (C=O) groups is 2. The van der Waals surface area contributed by atoms with E-state index in [0.717, 1.165) is 4.57 Å². The van der Waals surface area contributed by atoms with E-state index in [1.165, 1.54) is 18.3 Å². The largest absolute Gasteiger partial charge is 0.352 e. The minimum atomic E-state index is -0.926. The molecule has 4 rings (SSSR count). The summed E-state index contributed by atoms with van der Waals surface area (Å²) in [6.07, 6.45) is -1.39. The van der Waals surface area contributed by atoms with Crippen molar-refractivity contribution in [3.63, 3.8) is 0 Å². The van der Waals surface area contributed by atoms with Crippen molar-refractivity contribution < 1.29 is 20.5 Å². The topological polar surface area (TPSA) is 159 Å².